The minimum Gasteiger partial charge on any atom is -0.245 e. The van der Waals surface area contributed by atoms with E-state index in [1.54, 1.807) is 21.5 Å². The lowest BCUT2D eigenvalue weighted by Crippen LogP contribution is -2.37. The molecule has 7 heteroatoms. The molecule has 3 atom stereocenters. The van der Waals surface area contributed by atoms with Crippen molar-refractivity contribution < 1.29 is 0 Å². The molecular weight excluding hydrogens is 396 g/mol. The van der Waals surface area contributed by atoms with E-state index in [1.807, 2.05) is 48.5 Å². The van der Waals surface area contributed by atoms with Gasteiger partial charge in [0.05, 0.1) is 17.4 Å². The molecule has 3 heterocycles. The first-order valence-electron chi connectivity index (χ1n) is 10.1. The van der Waals surface area contributed by atoms with Gasteiger partial charge in [0.15, 0.2) is 0 Å². The highest BCUT2D eigenvalue weighted by Gasteiger charge is 2.39. The van der Waals surface area contributed by atoms with Gasteiger partial charge in [-0.25, -0.2) is 28.5 Å². The largest absolute Gasteiger partial charge is 0.353 e. The van der Waals surface area contributed by atoms with E-state index in [0.717, 1.165) is 22.7 Å². The van der Waals surface area contributed by atoms with Crippen LogP contribution in [0.4, 0.5) is 0 Å². The Morgan fingerprint density at radius 3 is 2.27 bits per heavy atom. The molecule has 152 valence electrons. The fourth-order valence-corrected chi connectivity index (χ4v) is 5.20. The van der Waals surface area contributed by atoms with Crippen molar-refractivity contribution in [2.24, 2.45) is 10.9 Å². The summed E-state index contributed by atoms with van der Waals surface area (Å²) in [6.45, 7) is 4.20. The summed E-state index contributed by atoms with van der Waals surface area (Å²) < 4.78 is 4.51. The van der Waals surface area contributed by atoms with Crippen LogP contribution in [0, 0.1) is 5.92 Å². The van der Waals surface area contributed by atoms with Crippen LogP contribution in [0.1, 0.15) is 37.2 Å². The van der Waals surface area contributed by atoms with Crippen molar-refractivity contribution in [3.63, 3.8) is 0 Å². The standard InChI is InChI=1S/C23H22N4O2S/c1-3-15(2)19-14-18-21(30-20(24-18)16-10-6-4-7-11-16)27-23(29)25(22(28)26(19)27)17-12-8-5-9-13-17/h4-15,19,21H,3H2,1-2H3/t15-,19+,21+/m1/s1. The van der Waals surface area contributed by atoms with Crippen LogP contribution < -0.4 is 11.4 Å². The molecule has 0 radical (unpaired) electrons. The Balaban J connectivity index is 1.70. The molecule has 2 aliphatic heterocycles. The summed E-state index contributed by atoms with van der Waals surface area (Å²) in [5, 5.41) is 0.528. The third kappa shape index (κ3) is 2.84. The number of allylic oxidation sites excluding steroid dienone is 1. The molecular formula is C23H22N4O2S. The van der Waals surface area contributed by atoms with Gasteiger partial charge >= 0.3 is 11.4 Å². The Morgan fingerprint density at radius 2 is 1.60 bits per heavy atom. The summed E-state index contributed by atoms with van der Waals surface area (Å²) in [7, 11) is 0. The molecule has 0 fully saturated rings. The molecule has 0 saturated heterocycles. The van der Waals surface area contributed by atoms with E-state index < -0.39 is 0 Å². The first-order chi connectivity index (χ1) is 14.6. The maximum Gasteiger partial charge on any atom is 0.353 e. The minimum atomic E-state index is -0.342. The Hall–Kier alpha value is -3.06. The average molecular weight is 419 g/mol. The number of para-hydroxylation sites is 1. The summed E-state index contributed by atoms with van der Waals surface area (Å²) in [6, 6.07) is 18.8. The number of benzene rings is 2. The predicted molar refractivity (Wildman–Crippen MR) is 120 cm³/mol. The number of thioether (sulfide) groups is 1. The topological polar surface area (TPSA) is 61.3 Å². The van der Waals surface area contributed by atoms with Gasteiger partial charge in [-0.15, -0.1) is 0 Å². The van der Waals surface area contributed by atoms with Crippen LogP contribution >= 0.6 is 11.8 Å². The highest BCUT2D eigenvalue weighted by Crippen LogP contribution is 2.44. The van der Waals surface area contributed by atoms with Crippen molar-refractivity contribution in [3.8, 4) is 5.69 Å². The molecule has 1 aromatic heterocycles. The minimum absolute atomic E-state index is 0.189. The van der Waals surface area contributed by atoms with Crippen LogP contribution in [0.5, 0.6) is 0 Å². The summed E-state index contributed by atoms with van der Waals surface area (Å²) >= 11 is 1.51. The molecule has 2 aromatic carbocycles. The summed E-state index contributed by atoms with van der Waals surface area (Å²) in [6.07, 6.45) is 2.95. The summed E-state index contributed by atoms with van der Waals surface area (Å²) in [5.41, 5.74) is 1.81. The lowest BCUT2D eigenvalue weighted by molar-refractivity contribution is 0.302. The van der Waals surface area contributed by atoms with Crippen LogP contribution in [0.2, 0.25) is 0 Å². The van der Waals surface area contributed by atoms with Gasteiger partial charge in [-0.1, -0.05) is 80.6 Å². The van der Waals surface area contributed by atoms with Gasteiger partial charge in [0, 0.05) is 5.56 Å². The molecule has 0 unspecified atom stereocenters. The first-order valence-corrected chi connectivity index (χ1v) is 11.0. The molecule has 0 N–H and O–H groups in total. The van der Waals surface area contributed by atoms with Gasteiger partial charge < -0.3 is 0 Å². The van der Waals surface area contributed by atoms with Crippen molar-refractivity contribution in [2.45, 2.75) is 31.7 Å². The zero-order chi connectivity index (χ0) is 20.8. The van der Waals surface area contributed by atoms with Gasteiger partial charge in [-0.05, 0) is 24.1 Å². The molecule has 6 nitrogen and oxygen atoms in total. The number of aromatic nitrogens is 3. The van der Waals surface area contributed by atoms with Crippen molar-refractivity contribution >= 4 is 16.8 Å². The highest BCUT2D eigenvalue weighted by molar-refractivity contribution is 8.14. The number of rotatable bonds is 4. The molecule has 30 heavy (non-hydrogen) atoms. The monoisotopic (exact) mass is 418 g/mol. The number of hydrogen-bond donors (Lipinski definition) is 0. The van der Waals surface area contributed by atoms with Crippen molar-refractivity contribution in [1.82, 2.24) is 13.9 Å². The van der Waals surface area contributed by atoms with Crippen LogP contribution in [-0.4, -0.2) is 19.0 Å². The van der Waals surface area contributed by atoms with Crippen molar-refractivity contribution in [1.29, 1.82) is 0 Å². The molecule has 3 aromatic rings. The highest BCUT2D eigenvalue weighted by atomic mass is 32.2. The van der Waals surface area contributed by atoms with Gasteiger partial charge in [-0.2, -0.15) is 0 Å². The zero-order valence-electron chi connectivity index (χ0n) is 16.8. The van der Waals surface area contributed by atoms with Crippen LogP contribution in [0.3, 0.4) is 0 Å². The fourth-order valence-electron chi connectivity index (χ4n) is 4.02. The maximum absolute atomic E-state index is 13.5. The van der Waals surface area contributed by atoms with E-state index in [0.29, 0.717) is 5.69 Å². The maximum atomic E-state index is 13.5. The quantitative estimate of drug-likeness (QED) is 0.644. The molecule has 2 aliphatic rings. The molecule has 0 amide bonds. The van der Waals surface area contributed by atoms with Crippen LogP contribution in [0.15, 0.2) is 87.0 Å². The van der Waals surface area contributed by atoms with E-state index in [4.69, 9.17) is 4.99 Å². The Morgan fingerprint density at radius 1 is 0.967 bits per heavy atom. The SMILES string of the molecule is CC[C@@H](C)[C@@H]1C=C2N=C(c3ccccc3)S[C@@H]2n2c(=O)n(-c3ccccc3)c(=O)n21. The van der Waals surface area contributed by atoms with E-state index in [-0.39, 0.29) is 28.7 Å². The molecule has 0 saturated carbocycles. The second kappa shape index (κ2) is 7.32. The lowest BCUT2D eigenvalue weighted by atomic mass is 9.97. The molecule has 5 rings (SSSR count). The summed E-state index contributed by atoms with van der Waals surface area (Å²) in [5.74, 6) is 0.189. The van der Waals surface area contributed by atoms with Gasteiger partial charge in [0.1, 0.15) is 10.4 Å². The Labute approximate surface area is 178 Å². The normalized spacial score (nSPS) is 20.9. The molecule has 0 spiro atoms. The Bertz CT molecular complexity index is 1270. The molecule has 0 aliphatic carbocycles. The first kappa shape index (κ1) is 18.9. The second-order valence-corrected chi connectivity index (χ2v) is 8.72. The smallest absolute Gasteiger partial charge is 0.245 e. The number of aliphatic imine (C=N–C) groups is 1. The van der Waals surface area contributed by atoms with Gasteiger partial charge in [-0.3, -0.25) is 0 Å². The molecule has 0 bridgehead atoms. The van der Waals surface area contributed by atoms with E-state index in [9.17, 15) is 9.59 Å². The summed E-state index contributed by atoms with van der Waals surface area (Å²) in [4.78, 5) is 31.8. The second-order valence-electron chi connectivity index (χ2n) is 7.65. The Kier molecular flexibility index (Phi) is 4.62. The van der Waals surface area contributed by atoms with Crippen LogP contribution in [0.25, 0.3) is 5.69 Å². The number of nitrogens with zero attached hydrogens (tertiary/aromatic N) is 4. The van der Waals surface area contributed by atoms with Gasteiger partial charge in [0.25, 0.3) is 0 Å². The number of fused-ring (bicyclic) bond motifs is 3. The van der Waals surface area contributed by atoms with Crippen molar-refractivity contribution in [3.05, 3.63) is 99.0 Å². The van der Waals surface area contributed by atoms with E-state index in [1.165, 1.54) is 16.3 Å². The van der Waals surface area contributed by atoms with E-state index >= 15 is 0 Å². The lowest BCUT2D eigenvalue weighted by Gasteiger charge is -2.29. The third-order valence-electron chi connectivity index (χ3n) is 5.82. The van der Waals surface area contributed by atoms with Crippen LogP contribution in [-0.2, 0) is 0 Å². The predicted octanol–water partition coefficient (Wildman–Crippen LogP) is 3.98. The van der Waals surface area contributed by atoms with Crippen molar-refractivity contribution in [2.75, 3.05) is 0 Å². The fraction of sp³-hybridized carbons (Fsp3) is 0.261. The number of hydrogen-bond acceptors (Lipinski definition) is 4. The zero-order valence-corrected chi connectivity index (χ0v) is 17.6. The van der Waals surface area contributed by atoms with Gasteiger partial charge in [0.2, 0.25) is 0 Å². The third-order valence-corrected chi connectivity index (χ3v) is 7.04. The van der Waals surface area contributed by atoms with E-state index in [2.05, 4.69) is 19.9 Å². The average Bonchev–Trinajstić information content (AvgIpc) is 3.32.